The van der Waals surface area contributed by atoms with Crippen molar-refractivity contribution >= 4 is 28.7 Å². The smallest absolute Gasteiger partial charge is 0.319 e. The number of likely N-dealkylation sites (N-methyl/N-ethyl adjacent to an activating group) is 1. The largest absolute Gasteiger partial charge is 0.444 e. The molecule has 4 heterocycles. The van der Waals surface area contributed by atoms with E-state index in [0.717, 1.165) is 5.56 Å². The fourth-order valence-corrected chi connectivity index (χ4v) is 4.40. The van der Waals surface area contributed by atoms with Crippen LogP contribution in [0.25, 0.3) is 22.5 Å². The van der Waals surface area contributed by atoms with E-state index in [4.69, 9.17) is 14.9 Å². The molecule has 0 bridgehead atoms. The summed E-state index contributed by atoms with van der Waals surface area (Å²) in [5.74, 6) is 0.838. The van der Waals surface area contributed by atoms with Crippen molar-refractivity contribution in [2.75, 3.05) is 37.7 Å². The maximum Gasteiger partial charge on any atom is 0.319 e. The highest BCUT2D eigenvalue weighted by atomic mass is 16.6. The highest BCUT2D eigenvalue weighted by molar-refractivity contribution is 5.89. The molecular weight excluding hydrogens is 494 g/mol. The van der Waals surface area contributed by atoms with E-state index < -0.39 is 24.5 Å². The molecule has 1 saturated heterocycles. The van der Waals surface area contributed by atoms with Gasteiger partial charge in [-0.1, -0.05) is 12.1 Å². The van der Waals surface area contributed by atoms with Crippen LogP contribution in [0, 0.1) is 0 Å². The van der Waals surface area contributed by atoms with Crippen molar-refractivity contribution in [3.8, 4) is 11.3 Å². The molecule has 5 rings (SSSR count). The van der Waals surface area contributed by atoms with Crippen LogP contribution < -0.4 is 16.4 Å². The molecule has 1 fully saturated rings. The minimum atomic E-state index is -1.17. The van der Waals surface area contributed by atoms with Crippen molar-refractivity contribution < 1.29 is 24.2 Å². The van der Waals surface area contributed by atoms with Crippen molar-refractivity contribution in [2.45, 2.75) is 31.0 Å². The summed E-state index contributed by atoms with van der Waals surface area (Å²) < 4.78 is 12.8. The van der Waals surface area contributed by atoms with Crippen LogP contribution in [0.3, 0.4) is 0 Å². The standard InChI is InChI=1S/C24H29N9O5/c1-32(7-3-6-27-24(36)31-15-5-2-4-14(8-15)16-9-26-13-37-16)10-17-19(34)20(35)23(38-17)33-12-30-18-21(25)28-11-29-22(18)33/h2,4-5,8-9,11-13,17,19-20,23,34-35H,3,6-7,10H2,1H3,(H2,25,28,29)(H2,27,31,36). The van der Waals surface area contributed by atoms with Gasteiger partial charge in [0.1, 0.15) is 30.2 Å². The van der Waals surface area contributed by atoms with Gasteiger partial charge in [-0.15, -0.1) is 0 Å². The molecule has 1 aliphatic rings. The molecule has 4 atom stereocenters. The Morgan fingerprint density at radius 1 is 1.24 bits per heavy atom. The van der Waals surface area contributed by atoms with Gasteiger partial charge in [0.05, 0.1) is 12.5 Å². The van der Waals surface area contributed by atoms with Crippen molar-refractivity contribution in [1.29, 1.82) is 0 Å². The Hall–Kier alpha value is -4.11. The van der Waals surface area contributed by atoms with E-state index in [9.17, 15) is 15.0 Å². The molecule has 0 saturated carbocycles. The number of hydrogen-bond donors (Lipinski definition) is 5. The number of aliphatic hydroxyl groups excluding tert-OH is 2. The lowest BCUT2D eigenvalue weighted by molar-refractivity contribution is -0.0421. The van der Waals surface area contributed by atoms with Gasteiger partial charge in [0.15, 0.2) is 29.8 Å². The number of carbonyl (C=O) groups excluding carboxylic acids is 1. The average Bonchev–Trinajstić information content (AvgIpc) is 3.64. The van der Waals surface area contributed by atoms with Crippen LogP contribution >= 0.6 is 0 Å². The Morgan fingerprint density at radius 3 is 2.92 bits per heavy atom. The number of rotatable bonds is 9. The number of anilines is 2. The second-order valence-corrected chi connectivity index (χ2v) is 9.07. The molecule has 14 nitrogen and oxygen atoms in total. The Balaban J connectivity index is 1.07. The van der Waals surface area contributed by atoms with Crippen LogP contribution in [0.4, 0.5) is 16.3 Å². The zero-order valence-electron chi connectivity index (χ0n) is 20.6. The highest BCUT2D eigenvalue weighted by Gasteiger charge is 2.44. The lowest BCUT2D eigenvalue weighted by atomic mass is 10.1. The summed E-state index contributed by atoms with van der Waals surface area (Å²) in [5, 5.41) is 26.9. The van der Waals surface area contributed by atoms with E-state index in [1.54, 1.807) is 22.9 Å². The van der Waals surface area contributed by atoms with Gasteiger partial charge in [-0.05, 0) is 32.1 Å². The van der Waals surface area contributed by atoms with Crippen molar-refractivity contribution in [2.24, 2.45) is 0 Å². The average molecular weight is 524 g/mol. The number of ether oxygens (including phenoxy) is 1. The lowest BCUT2D eigenvalue weighted by Crippen LogP contribution is -2.39. The number of oxazole rings is 1. The SMILES string of the molecule is CN(CCCNC(=O)Nc1cccc(-c2cnco2)c1)CC1OC(n2cnc3c(N)ncnc32)C(O)C1O. The molecule has 0 spiro atoms. The van der Waals surface area contributed by atoms with E-state index in [1.165, 1.54) is 19.0 Å². The van der Waals surface area contributed by atoms with Crippen molar-refractivity contribution in [1.82, 2.24) is 34.7 Å². The van der Waals surface area contributed by atoms with Crippen LogP contribution in [0.5, 0.6) is 0 Å². The summed E-state index contributed by atoms with van der Waals surface area (Å²) in [4.78, 5) is 30.5. The minimum absolute atomic E-state index is 0.223. The second-order valence-electron chi connectivity index (χ2n) is 9.07. The number of amides is 2. The fraction of sp³-hybridized carbons (Fsp3) is 0.375. The molecule has 0 aliphatic carbocycles. The molecule has 1 aromatic carbocycles. The first-order chi connectivity index (χ1) is 18.4. The van der Waals surface area contributed by atoms with Crippen molar-refractivity contribution in [3.05, 3.63) is 49.5 Å². The van der Waals surface area contributed by atoms with Gasteiger partial charge in [-0.25, -0.2) is 24.7 Å². The van der Waals surface area contributed by atoms with E-state index in [-0.39, 0.29) is 11.8 Å². The summed E-state index contributed by atoms with van der Waals surface area (Å²) in [6.07, 6.45) is 2.63. The predicted octanol–water partition coefficient (Wildman–Crippen LogP) is 0.826. The zero-order valence-corrected chi connectivity index (χ0v) is 20.6. The summed E-state index contributed by atoms with van der Waals surface area (Å²) in [6, 6.07) is 6.96. The number of imidazole rings is 1. The maximum atomic E-state index is 12.3. The van der Waals surface area contributed by atoms with E-state index >= 15 is 0 Å². The van der Waals surface area contributed by atoms with E-state index in [2.05, 4.69) is 30.6 Å². The number of nitrogens with zero attached hydrogens (tertiary/aromatic N) is 6. The summed E-state index contributed by atoms with van der Waals surface area (Å²) in [7, 11) is 1.88. The number of urea groups is 1. The Kier molecular flexibility index (Phi) is 7.46. The quantitative estimate of drug-likeness (QED) is 0.195. The van der Waals surface area contributed by atoms with Gasteiger partial charge in [0.2, 0.25) is 0 Å². The van der Waals surface area contributed by atoms with Crippen LogP contribution in [-0.4, -0.2) is 90.6 Å². The normalized spacial score (nSPS) is 21.3. The molecule has 2 amide bonds. The van der Waals surface area contributed by atoms with Gasteiger partial charge in [-0.2, -0.15) is 0 Å². The summed E-state index contributed by atoms with van der Waals surface area (Å²) >= 11 is 0. The van der Waals surface area contributed by atoms with E-state index in [0.29, 0.717) is 48.7 Å². The number of nitrogen functional groups attached to an aromatic ring is 1. The van der Waals surface area contributed by atoms with Gasteiger partial charge >= 0.3 is 6.03 Å². The number of benzene rings is 1. The van der Waals surface area contributed by atoms with Gasteiger partial charge in [0, 0.05) is 24.3 Å². The van der Waals surface area contributed by atoms with Gasteiger partial charge < -0.3 is 40.6 Å². The van der Waals surface area contributed by atoms with Crippen LogP contribution in [-0.2, 0) is 4.74 Å². The highest BCUT2D eigenvalue weighted by Crippen LogP contribution is 2.32. The number of aliphatic hydroxyl groups is 2. The number of aromatic nitrogens is 5. The van der Waals surface area contributed by atoms with Gasteiger partial charge in [-0.3, -0.25) is 4.57 Å². The monoisotopic (exact) mass is 523 g/mol. The minimum Gasteiger partial charge on any atom is -0.444 e. The van der Waals surface area contributed by atoms with E-state index in [1.807, 2.05) is 24.1 Å². The molecule has 14 heteroatoms. The third-order valence-corrected chi connectivity index (χ3v) is 6.33. The molecule has 4 aromatic rings. The topological polar surface area (TPSA) is 190 Å². The predicted molar refractivity (Wildman–Crippen MR) is 137 cm³/mol. The molecule has 6 N–H and O–H groups in total. The number of hydrogen-bond acceptors (Lipinski definition) is 11. The second kappa shape index (κ2) is 11.1. The molecule has 38 heavy (non-hydrogen) atoms. The molecule has 200 valence electrons. The van der Waals surface area contributed by atoms with Crippen LogP contribution in [0.2, 0.25) is 0 Å². The maximum absolute atomic E-state index is 12.3. The summed E-state index contributed by atoms with van der Waals surface area (Å²) in [5.41, 5.74) is 8.10. The number of carbonyl (C=O) groups is 1. The number of nitrogens with two attached hydrogens (primary N) is 1. The fourth-order valence-electron chi connectivity index (χ4n) is 4.40. The Morgan fingerprint density at radius 2 is 2.11 bits per heavy atom. The molecule has 0 radical (unpaired) electrons. The zero-order chi connectivity index (χ0) is 26.6. The first-order valence-corrected chi connectivity index (χ1v) is 12.1. The Labute approximate surface area is 217 Å². The van der Waals surface area contributed by atoms with Crippen LogP contribution in [0.15, 0.2) is 53.9 Å². The Bertz CT molecular complexity index is 1380. The lowest BCUT2D eigenvalue weighted by Gasteiger charge is -2.22. The first kappa shape index (κ1) is 25.5. The number of nitrogens with one attached hydrogen (secondary N) is 2. The molecule has 1 aliphatic heterocycles. The molecule has 3 aromatic heterocycles. The first-order valence-electron chi connectivity index (χ1n) is 12.1. The third kappa shape index (κ3) is 5.43. The summed E-state index contributed by atoms with van der Waals surface area (Å²) in [6.45, 7) is 1.45. The van der Waals surface area contributed by atoms with Crippen molar-refractivity contribution in [3.63, 3.8) is 0 Å². The molecular formula is C24H29N9O5. The third-order valence-electron chi connectivity index (χ3n) is 6.33. The number of fused-ring (bicyclic) bond motifs is 1. The van der Waals surface area contributed by atoms with Crippen LogP contribution in [0.1, 0.15) is 12.6 Å². The molecule has 4 unspecified atom stereocenters. The van der Waals surface area contributed by atoms with Gasteiger partial charge in [0.25, 0.3) is 0 Å².